The number of thiazole rings is 1. The van der Waals surface area contributed by atoms with Gasteiger partial charge >= 0.3 is 6.18 Å². The summed E-state index contributed by atoms with van der Waals surface area (Å²) in [4.78, 5) is 36.0. The largest absolute Gasteiger partial charge is 0.417 e. The van der Waals surface area contributed by atoms with Crippen LogP contribution in [0, 0.1) is 0 Å². The van der Waals surface area contributed by atoms with E-state index in [0.29, 0.717) is 44.4 Å². The molecule has 0 bridgehead atoms. The Bertz CT molecular complexity index is 1230. The summed E-state index contributed by atoms with van der Waals surface area (Å²) >= 11 is 1.52. The third-order valence-electron chi connectivity index (χ3n) is 5.69. The molecule has 0 atom stereocenters. The van der Waals surface area contributed by atoms with Crippen molar-refractivity contribution < 1.29 is 22.8 Å². The van der Waals surface area contributed by atoms with E-state index in [2.05, 4.69) is 10.1 Å². The van der Waals surface area contributed by atoms with Crippen LogP contribution in [0.1, 0.15) is 40.6 Å². The van der Waals surface area contributed by atoms with Crippen molar-refractivity contribution in [3.63, 3.8) is 0 Å². The van der Waals surface area contributed by atoms with Crippen molar-refractivity contribution in [2.45, 2.75) is 38.1 Å². The molecule has 1 amide bonds. The van der Waals surface area contributed by atoms with Crippen molar-refractivity contribution in [3.05, 3.63) is 86.2 Å². The average molecular weight is 505 g/mol. The number of pyridine rings is 1. The second-order valence-corrected chi connectivity index (χ2v) is 9.03. The molecule has 2 aromatic heterocycles. The number of carbonyl (C=O) groups is 1. The van der Waals surface area contributed by atoms with Gasteiger partial charge in [0.15, 0.2) is 0 Å². The van der Waals surface area contributed by atoms with Crippen LogP contribution in [0.15, 0.2) is 64.0 Å². The third kappa shape index (κ3) is 6.56. The highest BCUT2D eigenvalue weighted by Crippen LogP contribution is 2.30. The molecule has 1 aliphatic rings. The molecule has 1 aliphatic heterocycles. The van der Waals surface area contributed by atoms with Crippen LogP contribution in [0.2, 0.25) is 0 Å². The van der Waals surface area contributed by atoms with Crippen LogP contribution in [-0.4, -0.2) is 39.7 Å². The summed E-state index contributed by atoms with van der Waals surface area (Å²) in [6.07, 6.45) is -0.971. The highest BCUT2D eigenvalue weighted by Gasteiger charge is 2.31. The minimum absolute atomic E-state index is 0.174. The van der Waals surface area contributed by atoms with Gasteiger partial charge in [0.05, 0.1) is 22.5 Å². The molecule has 4 rings (SSSR count). The molecular formula is C24H23F3N4O3S. The summed E-state index contributed by atoms with van der Waals surface area (Å²) in [5, 5.41) is 6.80. The number of alkyl halides is 3. The number of benzene rings is 1. The van der Waals surface area contributed by atoms with Gasteiger partial charge in [-0.3, -0.25) is 9.59 Å². The van der Waals surface area contributed by atoms with E-state index in [1.165, 1.54) is 11.3 Å². The molecule has 0 N–H and O–H groups in total. The van der Waals surface area contributed by atoms with E-state index in [9.17, 15) is 22.8 Å². The SMILES string of the molecule is O=C(Cn1cc(C(F)(F)F)ccc1=O)N1CCC(c2nc(/C=N\OCc3ccccc3)cs2)CC1. The summed E-state index contributed by atoms with van der Waals surface area (Å²) in [6.45, 7) is 0.836. The first kappa shape index (κ1) is 24.6. The Balaban J connectivity index is 1.27. The molecule has 0 spiro atoms. The lowest BCUT2D eigenvalue weighted by molar-refractivity contribution is -0.139. The van der Waals surface area contributed by atoms with Crippen molar-refractivity contribution in [3.8, 4) is 0 Å². The van der Waals surface area contributed by atoms with E-state index in [1.54, 1.807) is 11.1 Å². The van der Waals surface area contributed by atoms with Gasteiger partial charge in [0, 0.05) is 36.7 Å². The van der Waals surface area contributed by atoms with Gasteiger partial charge in [0.1, 0.15) is 13.2 Å². The number of amides is 1. The number of halogens is 3. The molecule has 3 heterocycles. The van der Waals surface area contributed by atoms with Crippen LogP contribution in [0.25, 0.3) is 0 Å². The van der Waals surface area contributed by atoms with Gasteiger partial charge in [0.2, 0.25) is 5.91 Å². The van der Waals surface area contributed by atoms with Gasteiger partial charge in [-0.25, -0.2) is 4.98 Å². The number of hydrogen-bond acceptors (Lipinski definition) is 6. The fourth-order valence-electron chi connectivity index (χ4n) is 3.77. The summed E-state index contributed by atoms with van der Waals surface area (Å²) in [7, 11) is 0. The van der Waals surface area contributed by atoms with Gasteiger partial charge in [-0.05, 0) is 24.5 Å². The predicted octanol–water partition coefficient (Wildman–Crippen LogP) is 4.28. The first-order valence-electron chi connectivity index (χ1n) is 11.0. The molecule has 1 aromatic carbocycles. The van der Waals surface area contributed by atoms with Crippen molar-refractivity contribution in [1.82, 2.24) is 14.5 Å². The van der Waals surface area contributed by atoms with Crippen LogP contribution in [-0.2, 0) is 29.0 Å². The molecule has 35 heavy (non-hydrogen) atoms. The van der Waals surface area contributed by atoms with E-state index in [-0.39, 0.29) is 11.8 Å². The monoisotopic (exact) mass is 504 g/mol. The molecule has 0 unspecified atom stereocenters. The quantitative estimate of drug-likeness (QED) is 0.356. The van der Waals surface area contributed by atoms with Gasteiger partial charge in [-0.2, -0.15) is 13.2 Å². The van der Waals surface area contributed by atoms with Crippen molar-refractivity contribution >= 4 is 23.5 Å². The standard InChI is InChI=1S/C24H23F3N4O3S/c25-24(26,27)19-6-7-21(32)31(13-19)14-22(33)30-10-8-18(9-11-30)23-29-20(16-35-23)12-28-34-15-17-4-2-1-3-5-17/h1-7,12-13,16,18H,8-11,14-15H2/b28-12-. The zero-order valence-corrected chi connectivity index (χ0v) is 19.5. The van der Waals surface area contributed by atoms with E-state index in [4.69, 9.17) is 4.84 Å². The topological polar surface area (TPSA) is 76.8 Å². The Kier molecular flexibility index (Phi) is 7.64. The number of aromatic nitrogens is 2. The summed E-state index contributed by atoms with van der Waals surface area (Å²) in [6, 6.07) is 11.2. The smallest absolute Gasteiger partial charge is 0.391 e. The van der Waals surface area contributed by atoms with Crippen LogP contribution >= 0.6 is 11.3 Å². The van der Waals surface area contributed by atoms with Crippen LogP contribution < -0.4 is 5.56 Å². The fraction of sp³-hybridized carbons (Fsp3) is 0.333. The first-order valence-corrected chi connectivity index (χ1v) is 11.9. The molecule has 184 valence electrons. The van der Waals surface area contributed by atoms with Crippen molar-refractivity contribution in [2.75, 3.05) is 13.1 Å². The van der Waals surface area contributed by atoms with E-state index < -0.39 is 23.8 Å². The van der Waals surface area contributed by atoms with Gasteiger partial charge in [0.25, 0.3) is 5.56 Å². The molecule has 0 radical (unpaired) electrons. The average Bonchev–Trinajstić information content (AvgIpc) is 3.32. The van der Waals surface area contributed by atoms with Crippen molar-refractivity contribution in [2.24, 2.45) is 5.16 Å². The molecule has 11 heteroatoms. The van der Waals surface area contributed by atoms with Gasteiger partial charge in [-0.15, -0.1) is 11.3 Å². The number of piperidine rings is 1. The second-order valence-electron chi connectivity index (χ2n) is 8.14. The Hall–Kier alpha value is -3.47. The highest BCUT2D eigenvalue weighted by molar-refractivity contribution is 7.09. The van der Waals surface area contributed by atoms with Gasteiger partial charge in [-0.1, -0.05) is 35.5 Å². The molecule has 1 fully saturated rings. The molecule has 0 saturated carbocycles. The van der Waals surface area contributed by atoms with Crippen LogP contribution in [0.3, 0.4) is 0 Å². The Morgan fingerprint density at radius 1 is 1.17 bits per heavy atom. The normalized spacial score (nSPS) is 15.0. The lowest BCUT2D eigenvalue weighted by Crippen LogP contribution is -2.41. The number of rotatable bonds is 7. The predicted molar refractivity (Wildman–Crippen MR) is 125 cm³/mol. The van der Waals surface area contributed by atoms with E-state index in [0.717, 1.165) is 27.3 Å². The van der Waals surface area contributed by atoms with E-state index >= 15 is 0 Å². The fourth-order valence-corrected chi connectivity index (χ4v) is 4.71. The number of likely N-dealkylation sites (tertiary alicyclic amines) is 1. The lowest BCUT2D eigenvalue weighted by atomic mass is 9.97. The van der Waals surface area contributed by atoms with E-state index in [1.807, 2.05) is 35.7 Å². The van der Waals surface area contributed by atoms with Crippen LogP contribution in [0.5, 0.6) is 0 Å². The van der Waals surface area contributed by atoms with Crippen LogP contribution in [0.4, 0.5) is 13.2 Å². The number of hydrogen-bond donors (Lipinski definition) is 0. The molecular weight excluding hydrogens is 481 g/mol. The maximum atomic E-state index is 12.9. The Morgan fingerprint density at radius 2 is 1.91 bits per heavy atom. The summed E-state index contributed by atoms with van der Waals surface area (Å²) in [5.74, 6) is -0.208. The minimum Gasteiger partial charge on any atom is -0.391 e. The maximum absolute atomic E-state index is 12.9. The number of oxime groups is 1. The summed E-state index contributed by atoms with van der Waals surface area (Å²) in [5.41, 5.74) is 0.103. The third-order valence-corrected chi connectivity index (χ3v) is 6.71. The summed E-state index contributed by atoms with van der Waals surface area (Å²) < 4.78 is 39.6. The van der Waals surface area contributed by atoms with Gasteiger partial charge < -0.3 is 14.3 Å². The second kappa shape index (κ2) is 10.9. The first-order chi connectivity index (χ1) is 16.8. The zero-order chi connectivity index (χ0) is 24.8. The molecule has 1 saturated heterocycles. The molecule has 3 aromatic rings. The Labute approximate surface area is 203 Å². The minimum atomic E-state index is -4.58. The molecule has 7 nitrogen and oxygen atoms in total. The van der Waals surface area contributed by atoms with Crippen molar-refractivity contribution in [1.29, 1.82) is 0 Å². The number of carbonyl (C=O) groups excluding carboxylic acids is 1. The molecule has 0 aliphatic carbocycles. The zero-order valence-electron chi connectivity index (χ0n) is 18.6. The maximum Gasteiger partial charge on any atom is 0.417 e. The Morgan fingerprint density at radius 3 is 2.63 bits per heavy atom. The highest BCUT2D eigenvalue weighted by atomic mass is 32.1. The lowest BCUT2D eigenvalue weighted by Gasteiger charge is -2.31. The number of nitrogens with zero attached hydrogens (tertiary/aromatic N) is 4.